The first kappa shape index (κ1) is 16.0. The lowest BCUT2D eigenvalue weighted by atomic mass is 9.99. The van der Waals surface area contributed by atoms with Gasteiger partial charge in [-0.1, -0.05) is 50.6 Å². The molecule has 0 saturated carbocycles. The van der Waals surface area contributed by atoms with Crippen LogP contribution in [0.4, 0.5) is 4.79 Å². The lowest BCUT2D eigenvalue weighted by molar-refractivity contribution is -0.137. The summed E-state index contributed by atoms with van der Waals surface area (Å²) in [7, 11) is 0. The molecule has 110 valence electrons. The summed E-state index contributed by atoms with van der Waals surface area (Å²) in [5.74, 6) is -0.447. The van der Waals surface area contributed by atoms with Crippen LogP contribution in [0.3, 0.4) is 0 Å². The highest BCUT2D eigenvalue weighted by atomic mass is 16.6. The topological polar surface area (TPSA) is 93.5 Å². The number of rotatable bonds is 7. The van der Waals surface area contributed by atoms with Gasteiger partial charge in [0.25, 0.3) is 5.91 Å². The Morgan fingerprint density at radius 2 is 1.95 bits per heavy atom. The third-order valence-electron chi connectivity index (χ3n) is 3.05. The van der Waals surface area contributed by atoms with Crippen molar-refractivity contribution in [3.63, 3.8) is 0 Å². The van der Waals surface area contributed by atoms with E-state index in [1.165, 1.54) is 0 Å². The highest BCUT2D eigenvalue weighted by molar-refractivity contribution is 5.86. The molecule has 2 atom stereocenters. The summed E-state index contributed by atoms with van der Waals surface area (Å²) in [5.41, 5.74) is 8.36. The normalized spacial score (nSPS) is 13.3. The highest BCUT2D eigenvalue weighted by Gasteiger charge is 2.25. The Morgan fingerprint density at radius 3 is 2.50 bits per heavy atom. The predicted octanol–water partition coefficient (Wildman–Crippen LogP) is 1.32. The molecule has 1 rings (SSSR count). The number of urea groups is 1. The summed E-state index contributed by atoms with van der Waals surface area (Å²) in [6.45, 7) is 4.05. The number of carbonyl (C=O) groups excluding carboxylic acids is 2. The summed E-state index contributed by atoms with van der Waals surface area (Å²) in [4.78, 5) is 28.0. The quantitative estimate of drug-likeness (QED) is 0.657. The molecular formula is C14H21N3O3. The van der Waals surface area contributed by atoms with Gasteiger partial charge in [0.1, 0.15) is 6.04 Å². The van der Waals surface area contributed by atoms with Crippen molar-refractivity contribution in [2.24, 2.45) is 11.7 Å². The summed E-state index contributed by atoms with van der Waals surface area (Å²) in [6, 6.07) is 8.02. The lowest BCUT2D eigenvalue weighted by Crippen LogP contribution is -2.51. The Morgan fingerprint density at radius 1 is 1.30 bits per heavy atom. The van der Waals surface area contributed by atoms with Crippen LogP contribution in [0.1, 0.15) is 25.8 Å². The van der Waals surface area contributed by atoms with Crippen molar-refractivity contribution in [2.45, 2.75) is 32.9 Å². The van der Waals surface area contributed by atoms with E-state index >= 15 is 0 Å². The SMILES string of the molecule is CC[C@H](C)[C@H](NC(N)=O)C(=O)NOCc1ccccc1. The Kier molecular flexibility index (Phi) is 6.52. The fraction of sp³-hybridized carbons (Fsp3) is 0.429. The van der Waals surface area contributed by atoms with Gasteiger partial charge in [-0.2, -0.15) is 0 Å². The predicted molar refractivity (Wildman–Crippen MR) is 75.3 cm³/mol. The summed E-state index contributed by atoms with van der Waals surface area (Å²) < 4.78 is 0. The minimum Gasteiger partial charge on any atom is -0.352 e. The second-order valence-electron chi connectivity index (χ2n) is 4.61. The van der Waals surface area contributed by atoms with Gasteiger partial charge >= 0.3 is 6.03 Å². The molecule has 1 aromatic rings. The van der Waals surface area contributed by atoms with Crippen LogP contribution >= 0.6 is 0 Å². The molecule has 0 aliphatic carbocycles. The molecule has 3 amide bonds. The van der Waals surface area contributed by atoms with E-state index in [0.29, 0.717) is 0 Å². The van der Waals surface area contributed by atoms with Crippen molar-refractivity contribution in [2.75, 3.05) is 0 Å². The van der Waals surface area contributed by atoms with E-state index in [4.69, 9.17) is 10.6 Å². The molecule has 1 aromatic carbocycles. The molecule has 0 bridgehead atoms. The first-order valence-corrected chi connectivity index (χ1v) is 6.56. The van der Waals surface area contributed by atoms with E-state index in [1.807, 2.05) is 44.2 Å². The molecule has 6 nitrogen and oxygen atoms in total. The second kappa shape index (κ2) is 8.16. The van der Waals surface area contributed by atoms with E-state index in [9.17, 15) is 9.59 Å². The van der Waals surface area contributed by atoms with Crippen molar-refractivity contribution in [3.8, 4) is 0 Å². The molecule has 0 radical (unpaired) electrons. The molecule has 0 aliphatic rings. The number of hydroxylamine groups is 1. The average molecular weight is 279 g/mol. The highest BCUT2D eigenvalue weighted by Crippen LogP contribution is 2.08. The standard InChI is InChI=1S/C14H21N3O3/c1-3-10(2)12(16-14(15)19)13(18)17-20-9-11-7-5-4-6-8-11/h4-8,10,12H,3,9H2,1-2H3,(H,17,18)(H3,15,16,19)/t10-,12-/m0/s1. The van der Waals surface area contributed by atoms with Gasteiger partial charge in [-0.3, -0.25) is 9.63 Å². The molecule has 0 spiro atoms. The van der Waals surface area contributed by atoms with E-state index in [1.54, 1.807) is 0 Å². The summed E-state index contributed by atoms with van der Waals surface area (Å²) in [5, 5.41) is 2.43. The van der Waals surface area contributed by atoms with E-state index in [-0.39, 0.29) is 12.5 Å². The van der Waals surface area contributed by atoms with Gasteiger partial charge in [-0.05, 0) is 11.5 Å². The maximum atomic E-state index is 12.0. The molecule has 0 aliphatic heterocycles. The van der Waals surface area contributed by atoms with Crippen molar-refractivity contribution in [3.05, 3.63) is 35.9 Å². The van der Waals surface area contributed by atoms with Gasteiger partial charge in [0.05, 0.1) is 6.61 Å². The molecule has 0 aromatic heterocycles. The Bertz CT molecular complexity index is 437. The van der Waals surface area contributed by atoms with E-state index in [2.05, 4.69) is 10.8 Å². The van der Waals surface area contributed by atoms with Crippen molar-refractivity contribution < 1.29 is 14.4 Å². The Labute approximate surface area is 118 Å². The van der Waals surface area contributed by atoms with E-state index in [0.717, 1.165) is 12.0 Å². The first-order chi connectivity index (χ1) is 9.54. The molecule has 4 N–H and O–H groups in total. The molecule has 20 heavy (non-hydrogen) atoms. The zero-order valence-electron chi connectivity index (χ0n) is 11.8. The fourth-order valence-corrected chi connectivity index (χ4v) is 1.68. The van der Waals surface area contributed by atoms with Gasteiger partial charge < -0.3 is 11.1 Å². The van der Waals surface area contributed by atoms with E-state index < -0.39 is 18.0 Å². The fourth-order valence-electron chi connectivity index (χ4n) is 1.68. The molecule has 0 heterocycles. The van der Waals surface area contributed by atoms with Crippen molar-refractivity contribution in [1.82, 2.24) is 10.8 Å². The van der Waals surface area contributed by atoms with Crippen LogP contribution in [0.15, 0.2) is 30.3 Å². The molecule has 0 unspecified atom stereocenters. The number of nitrogens with one attached hydrogen (secondary N) is 2. The Balaban J connectivity index is 2.47. The molecule has 0 saturated heterocycles. The number of benzene rings is 1. The largest absolute Gasteiger partial charge is 0.352 e. The van der Waals surface area contributed by atoms with Crippen LogP contribution < -0.4 is 16.5 Å². The first-order valence-electron chi connectivity index (χ1n) is 6.56. The van der Waals surface area contributed by atoms with Gasteiger partial charge in [0.2, 0.25) is 0 Å². The number of amides is 3. The number of hydrogen-bond donors (Lipinski definition) is 3. The lowest BCUT2D eigenvalue weighted by Gasteiger charge is -2.22. The van der Waals surface area contributed by atoms with Crippen LogP contribution in [0.25, 0.3) is 0 Å². The van der Waals surface area contributed by atoms with Crippen molar-refractivity contribution >= 4 is 11.9 Å². The third-order valence-corrected chi connectivity index (χ3v) is 3.05. The summed E-state index contributed by atoms with van der Waals surface area (Å²) >= 11 is 0. The van der Waals surface area contributed by atoms with Gasteiger partial charge in [0.15, 0.2) is 0 Å². The minimum atomic E-state index is -0.728. The maximum Gasteiger partial charge on any atom is 0.312 e. The van der Waals surface area contributed by atoms with Crippen LogP contribution in [0, 0.1) is 5.92 Å². The maximum absolute atomic E-state index is 12.0. The van der Waals surface area contributed by atoms with Gasteiger partial charge in [-0.15, -0.1) is 0 Å². The number of hydrogen-bond acceptors (Lipinski definition) is 3. The molecular weight excluding hydrogens is 258 g/mol. The number of nitrogens with two attached hydrogens (primary N) is 1. The van der Waals surface area contributed by atoms with Crippen LogP contribution in [-0.2, 0) is 16.2 Å². The van der Waals surface area contributed by atoms with Crippen LogP contribution in [0.2, 0.25) is 0 Å². The number of carbonyl (C=O) groups is 2. The smallest absolute Gasteiger partial charge is 0.312 e. The zero-order chi connectivity index (χ0) is 15.0. The molecule has 0 fully saturated rings. The molecule has 6 heteroatoms. The van der Waals surface area contributed by atoms with Crippen molar-refractivity contribution in [1.29, 1.82) is 0 Å². The van der Waals surface area contributed by atoms with Crippen LogP contribution in [0.5, 0.6) is 0 Å². The van der Waals surface area contributed by atoms with Gasteiger partial charge in [0, 0.05) is 0 Å². The van der Waals surface area contributed by atoms with Gasteiger partial charge in [-0.25, -0.2) is 10.3 Å². The van der Waals surface area contributed by atoms with Crippen LogP contribution in [-0.4, -0.2) is 18.0 Å². The Hall–Kier alpha value is -2.08. The third kappa shape index (κ3) is 5.27. The zero-order valence-corrected chi connectivity index (χ0v) is 11.8. The monoisotopic (exact) mass is 279 g/mol. The second-order valence-corrected chi connectivity index (χ2v) is 4.61. The summed E-state index contributed by atoms with van der Waals surface area (Å²) in [6.07, 6.45) is 0.733. The average Bonchev–Trinajstić information content (AvgIpc) is 2.44. The minimum absolute atomic E-state index is 0.0391. The number of primary amides is 1.